The Morgan fingerprint density at radius 3 is 2.97 bits per heavy atom. The number of halogens is 2. The van der Waals surface area contributed by atoms with Crippen LogP contribution in [0.25, 0.3) is 21.8 Å². The standard InChI is InChI=1S/C24H17ClFN5O3S/c1-11-22(25)14-6-12(2-5-20(14)35(11,32)33)15-8-27-24(31-10-29-30-23(15)31)28-9-16-17(26)3-4-18-21(16)13-7-19(13)34-18/h2-6,8,10,13,19H,7,9H2,1H3,(H,27,28). The summed E-state index contributed by atoms with van der Waals surface area (Å²) in [7, 11) is -3.56. The first kappa shape index (κ1) is 20.8. The first-order valence-corrected chi connectivity index (χ1v) is 12.9. The molecule has 7 rings (SSSR count). The van der Waals surface area contributed by atoms with Gasteiger partial charge in [-0.15, -0.1) is 10.2 Å². The van der Waals surface area contributed by atoms with Crippen LogP contribution >= 0.6 is 11.6 Å². The monoisotopic (exact) mass is 509 g/mol. The van der Waals surface area contributed by atoms with Crippen molar-refractivity contribution in [1.82, 2.24) is 19.6 Å². The van der Waals surface area contributed by atoms with Crippen LogP contribution in [0.5, 0.6) is 5.75 Å². The molecule has 176 valence electrons. The van der Waals surface area contributed by atoms with E-state index in [1.807, 2.05) is 0 Å². The van der Waals surface area contributed by atoms with Crippen LogP contribution in [0, 0.1) is 5.82 Å². The van der Waals surface area contributed by atoms with Gasteiger partial charge < -0.3 is 10.1 Å². The number of nitrogens with zero attached hydrogens (tertiary/aromatic N) is 4. The molecule has 1 saturated carbocycles. The number of hydrogen-bond acceptors (Lipinski definition) is 7. The molecule has 2 aliphatic heterocycles. The summed E-state index contributed by atoms with van der Waals surface area (Å²) in [6.07, 6.45) is 4.25. The molecule has 35 heavy (non-hydrogen) atoms. The Labute approximate surface area is 204 Å². The number of ether oxygens (including phenoxy) is 1. The van der Waals surface area contributed by atoms with E-state index in [1.165, 1.54) is 19.3 Å². The molecule has 1 fully saturated rings. The van der Waals surface area contributed by atoms with Gasteiger partial charge >= 0.3 is 0 Å². The minimum Gasteiger partial charge on any atom is -0.489 e. The largest absolute Gasteiger partial charge is 0.489 e. The SMILES string of the molecule is CC1=C(Cl)c2cc(-c3cnc(NCc4c(F)ccc5c4C4CC4O5)n4cnnc34)ccc2S1(=O)=O. The molecular formula is C24H17ClFN5O3S. The zero-order chi connectivity index (χ0) is 24.1. The molecular weight excluding hydrogens is 493 g/mol. The van der Waals surface area contributed by atoms with Crippen LogP contribution in [-0.4, -0.2) is 34.1 Å². The molecule has 0 radical (unpaired) electrons. The maximum absolute atomic E-state index is 14.7. The van der Waals surface area contributed by atoms with E-state index in [0.717, 1.165) is 17.7 Å². The van der Waals surface area contributed by atoms with Crippen molar-refractivity contribution in [2.45, 2.75) is 36.8 Å². The van der Waals surface area contributed by atoms with Gasteiger partial charge in [0.05, 0.1) is 14.8 Å². The van der Waals surface area contributed by atoms with Gasteiger partial charge in [-0.1, -0.05) is 17.7 Å². The number of anilines is 1. The lowest BCUT2D eigenvalue weighted by Crippen LogP contribution is -2.10. The van der Waals surface area contributed by atoms with Gasteiger partial charge in [0, 0.05) is 40.9 Å². The minimum atomic E-state index is -3.56. The smallest absolute Gasteiger partial charge is 0.210 e. The average Bonchev–Trinajstić information content (AvgIpc) is 3.20. The van der Waals surface area contributed by atoms with Crippen molar-refractivity contribution in [3.05, 3.63) is 70.3 Å². The molecule has 3 aliphatic rings. The van der Waals surface area contributed by atoms with Crippen molar-refractivity contribution in [3.8, 4) is 16.9 Å². The van der Waals surface area contributed by atoms with Crippen LogP contribution in [0.4, 0.5) is 10.3 Å². The van der Waals surface area contributed by atoms with Gasteiger partial charge in [0.1, 0.15) is 24.0 Å². The van der Waals surface area contributed by atoms with Crippen molar-refractivity contribution in [1.29, 1.82) is 0 Å². The summed E-state index contributed by atoms with van der Waals surface area (Å²) in [5, 5.41) is 11.7. The van der Waals surface area contributed by atoms with Crippen LogP contribution in [0.2, 0.25) is 0 Å². The van der Waals surface area contributed by atoms with Gasteiger partial charge in [-0.2, -0.15) is 0 Å². The molecule has 8 nitrogen and oxygen atoms in total. The number of aromatic nitrogens is 4. The molecule has 4 heterocycles. The first-order chi connectivity index (χ1) is 16.8. The molecule has 0 spiro atoms. The summed E-state index contributed by atoms with van der Waals surface area (Å²) in [6.45, 7) is 1.73. The lowest BCUT2D eigenvalue weighted by molar-refractivity contribution is 0.318. The molecule has 2 aromatic heterocycles. The summed E-state index contributed by atoms with van der Waals surface area (Å²) >= 11 is 6.33. The van der Waals surface area contributed by atoms with Crippen LogP contribution in [0.3, 0.4) is 0 Å². The Bertz CT molecular complexity index is 1730. The predicted molar refractivity (Wildman–Crippen MR) is 127 cm³/mol. The second-order valence-electron chi connectivity index (χ2n) is 8.89. The topological polar surface area (TPSA) is 98.5 Å². The number of nitrogens with one attached hydrogen (secondary N) is 1. The van der Waals surface area contributed by atoms with E-state index in [2.05, 4.69) is 20.5 Å². The van der Waals surface area contributed by atoms with Gasteiger partial charge in [0.2, 0.25) is 15.8 Å². The van der Waals surface area contributed by atoms with E-state index in [-0.39, 0.29) is 39.2 Å². The van der Waals surface area contributed by atoms with E-state index in [9.17, 15) is 12.8 Å². The first-order valence-electron chi connectivity index (χ1n) is 11.0. The van der Waals surface area contributed by atoms with Crippen molar-refractivity contribution in [2.75, 3.05) is 5.32 Å². The third-order valence-electron chi connectivity index (χ3n) is 6.93. The zero-order valence-electron chi connectivity index (χ0n) is 18.3. The fraction of sp³-hybridized carbons (Fsp3) is 0.208. The molecule has 11 heteroatoms. The maximum Gasteiger partial charge on any atom is 0.210 e. The predicted octanol–water partition coefficient (Wildman–Crippen LogP) is 4.51. The molecule has 2 atom stereocenters. The maximum atomic E-state index is 14.7. The molecule has 0 bridgehead atoms. The quantitative estimate of drug-likeness (QED) is 0.432. The highest BCUT2D eigenvalue weighted by Crippen LogP contribution is 2.55. The fourth-order valence-electron chi connectivity index (χ4n) is 4.97. The van der Waals surface area contributed by atoms with Crippen LogP contribution < -0.4 is 10.1 Å². The number of hydrogen-bond donors (Lipinski definition) is 1. The third-order valence-corrected chi connectivity index (χ3v) is 9.47. The normalized spacial score (nSPS) is 21.0. The van der Waals surface area contributed by atoms with E-state index in [1.54, 1.807) is 34.9 Å². The Balaban J connectivity index is 1.25. The third kappa shape index (κ3) is 2.90. The van der Waals surface area contributed by atoms with Crippen LogP contribution in [0.15, 0.2) is 52.7 Å². The molecule has 1 aliphatic carbocycles. The molecule has 2 unspecified atom stereocenters. The Hall–Kier alpha value is -3.50. The average molecular weight is 510 g/mol. The van der Waals surface area contributed by atoms with Gasteiger partial charge in [0.25, 0.3) is 0 Å². The second kappa shape index (κ2) is 7.02. The van der Waals surface area contributed by atoms with E-state index >= 15 is 0 Å². The highest BCUT2D eigenvalue weighted by atomic mass is 35.5. The Morgan fingerprint density at radius 1 is 1.26 bits per heavy atom. The van der Waals surface area contributed by atoms with Crippen molar-refractivity contribution >= 4 is 38.1 Å². The van der Waals surface area contributed by atoms with E-state index in [0.29, 0.717) is 33.8 Å². The van der Waals surface area contributed by atoms with Crippen molar-refractivity contribution < 1.29 is 17.5 Å². The molecule has 0 saturated heterocycles. The second-order valence-corrected chi connectivity index (χ2v) is 11.3. The van der Waals surface area contributed by atoms with Gasteiger partial charge in [0.15, 0.2) is 5.65 Å². The highest BCUT2D eigenvalue weighted by Gasteiger charge is 2.49. The highest BCUT2D eigenvalue weighted by molar-refractivity contribution is 7.96. The number of rotatable bonds is 4. The zero-order valence-corrected chi connectivity index (χ0v) is 19.9. The fourth-order valence-corrected chi connectivity index (χ4v) is 6.86. The van der Waals surface area contributed by atoms with Gasteiger partial charge in [-0.25, -0.2) is 17.8 Å². The van der Waals surface area contributed by atoms with Gasteiger partial charge in [-0.3, -0.25) is 4.40 Å². The summed E-state index contributed by atoms with van der Waals surface area (Å²) in [6, 6.07) is 8.09. The Kier molecular flexibility index (Phi) is 4.18. The van der Waals surface area contributed by atoms with Crippen LogP contribution in [-0.2, 0) is 16.4 Å². The minimum absolute atomic E-state index is 0.138. The van der Waals surface area contributed by atoms with Crippen molar-refractivity contribution in [2.24, 2.45) is 0 Å². The number of benzene rings is 2. The summed E-state index contributed by atoms with van der Waals surface area (Å²) in [5.74, 6) is 1.19. The molecule has 0 amide bonds. The number of sulfone groups is 1. The summed E-state index contributed by atoms with van der Waals surface area (Å²) < 4.78 is 47.3. The van der Waals surface area contributed by atoms with Crippen molar-refractivity contribution in [3.63, 3.8) is 0 Å². The molecule has 1 N–H and O–H groups in total. The molecule has 4 aromatic rings. The molecule has 2 aromatic carbocycles. The lowest BCUT2D eigenvalue weighted by Gasteiger charge is -2.14. The van der Waals surface area contributed by atoms with Crippen LogP contribution in [0.1, 0.15) is 36.0 Å². The lowest BCUT2D eigenvalue weighted by atomic mass is 10.0. The van der Waals surface area contributed by atoms with Gasteiger partial charge in [-0.05, 0) is 43.2 Å². The summed E-state index contributed by atoms with van der Waals surface area (Å²) in [4.78, 5) is 4.86. The number of allylic oxidation sites excluding steroid dienone is 1. The van der Waals surface area contributed by atoms with E-state index in [4.69, 9.17) is 16.3 Å². The van der Waals surface area contributed by atoms with E-state index < -0.39 is 9.84 Å². The summed E-state index contributed by atoms with van der Waals surface area (Å²) in [5.41, 5.74) is 3.85. The Morgan fingerprint density at radius 2 is 2.11 bits per heavy atom. The number of fused-ring (bicyclic) bond motifs is 5.